The van der Waals surface area contributed by atoms with E-state index >= 15 is 0 Å². The number of aromatic amines is 1. The van der Waals surface area contributed by atoms with Gasteiger partial charge in [-0.05, 0) is 43.2 Å². The molecule has 4 aromatic rings. The first-order chi connectivity index (χ1) is 21.8. The number of carbonyl (C=O) groups is 3. The normalized spacial score (nSPS) is 11.9. The SMILES string of the molecule is CN(C)C(=O)/C=C/CCC(NC(=O)O)C(=O)Nc1cccn(Cc2nc3c(OCc4ccc(F)cc4F)c(F)cc(F)c3[nH]2)c1=O. The van der Waals surface area contributed by atoms with Crippen LogP contribution in [-0.2, 0) is 22.7 Å². The molecular weight excluding hydrogens is 616 g/mol. The van der Waals surface area contributed by atoms with Crippen LogP contribution >= 0.6 is 0 Å². The number of ether oxygens (including phenoxy) is 1. The van der Waals surface area contributed by atoms with Gasteiger partial charge in [-0.3, -0.25) is 14.4 Å². The highest BCUT2D eigenvalue weighted by atomic mass is 19.1. The standard InChI is InChI=1S/C30H28F4N6O6/c1-39(2)24(41)8-4-3-6-21(36-30(44)45)28(42)35-22-7-5-11-40(29(22)43)14-23-37-25-19(33)13-20(34)27(26(25)38-23)46-15-16-9-10-17(31)12-18(16)32/h4-5,7-13,21,36H,3,6,14-15H2,1-2H3,(H,35,42)(H,37,38)(H,44,45)/b8-4+. The van der Waals surface area contributed by atoms with E-state index in [-0.39, 0.29) is 53.4 Å². The summed E-state index contributed by atoms with van der Waals surface area (Å²) in [5.41, 5.74) is -1.56. The van der Waals surface area contributed by atoms with Crippen molar-refractivity contribution in [2.45, 2.75) is 32.0 Å². The molecule has 0 spiro atoms. The van der Waals surface area contributed by atoms with Gasteiger partial charge in [-0.15, -0.1) is 0 Å². The number of aromatic nitrogens is 3. The molecule has 0 bridgehead atoms. The second kappa shape index (κ2) is 14.4. The molecule has 0 saturated heterocycles. The van der Waals surface area contributed by atoms with Gasteiger partial charge in [0.15, 0.2) is 17.4 Å². The van der Waals surface area contributed by atoms with Crippen molar-refractivity contribution in [2.24, 2.45) is 0 Å². The van der Waals surface area contributed by atoms with Gasteiger partial charge in [-0.25, -0.2) is 27.3 Å². The summed E-state index contributed by atoms with van der Waals surface area (Å²) in [6.07, 6.45) is 2.79. The zero-order valence-electron chi connectivity index (χ0n) is 24.4. The maximum atomic E-state index is 14.7. The Labute approximate surface area is 258 Å². The minimum absolute atomic E-state index is 0.00707. The highest BCUT2D eigenvalue weighted by Crippen LogP contribution is 2.30. The van der Waals surface area contributed by atoms with E-state index < -0.39 is 59.2 Å². The van der Waals surface area contributed by atoms with Gasteiger partial charge in [0.05, 0.1) is 6.54 Å². The average Bonchev–Trinajstić information content (AvgIpc) is 3.41. The fraction of sp³-hybridized carbons (Fsp3) is 0.233. The number of benzene rings is 2. The van der Waals surface area contributed by atoms with Crippen LogP contribution in [0.3, 0.4) is 0 Å². The average molecular weight is 645 g/mol. The Hall–Kier alpha value is -5.67. The first-order valence-corrected chi connectivity index (χ1v) is 13.6. The zero-order chi connectivity index (χ0) is 33.5. The number of H-pyrrole nitrogens is 1. The number of fused-ring (bicyclic) bond motifs is 1. The second-order valence-corrected chi connectivity index (χ2v) is 10.2. The number of halogens is 4. The summed E-state index contributed by atoms with van der Waals surface area (Å²) in [6.45, 7) is -0.818. The fourth-order valence-electron chi connectivity index (χ4n) is 4.27. The number of likely N-dealkylation sites (N-methyl/N-ethyl adjacent to an activating group) is 1. The lowest BCUT2D eigenvalue weighted by molar-refractivity contribution is -0.123. The summed E-state index contributed by atoms with van der Waals surface area (Å²) in [5.74, 6) is -5.52. The second-order valence-electron chi connectivity index (χ2n) is 10.2. The fourth-order valence-corrected chi connectivity index (χ4v) is 4.27. The number of pyridine rings is 1. The van der Waals surface area contributed by atoms with E-state index in [9.17, 15) is 41.8 Å². The Morgan fingerprint density at radius 3 is 2.57 bits per heavy atom. The van der Waals surface area contributed by atoms with Gasteiger partial charge in [0.1, 0.15) is 46.8 Å². The lowest BCUT2D eigenvalue weighted by atomic mass is 10.1. The van der Waals surface area contributed by atoms with Crippen LogP contribution in [0.4, 0.5) is 28.0 Å². The summed E-state index contributed by atoms with van der Waals surface area (Å²) in [7, 11) is 3.11. The summed E-state index contributed by atoms with van der Waals surface area (Å²) >= 11 is 0. The van der Waals surface area contributed by atoms with E-state index in [0.29, 0.717) is 12.1 Å². The van der Waals surface area contributed by atoms with E-state index in [0.717, 1.165) is 16.7 Å². The van der Waals surface area contributed by atoms with Crippen LogP contribution in [0.1, 0.15) is 24.2 Å². The minimum Gasteiger partial charge on any atom is -0.483 e. The van der Waals surface area contributed by atoms with Crippen molar-refractivity contribution in [3.05, 3.63) is 99.8 Å². The lowest BCUT2D eigenvalue weighted by Gasteiger charge is -2.16. The number of rotatable bonds is 12. The third-order valence-electron chi connectivity index (χ3n) is 6.60. The molecule has 2 heterocycles. The van der Waals surface area contributed by atoms with Crippen molar-refractivity contribution in [2.75, 3.05) is 19.4 Å². The van der Waals surface area contributed by atoms with Crippen molar-refractivity contribution in [3.8, 4) is 5.75 Å². The van der Waals surface area contributed by atoms with Crippen LogP contribution in [0.15, 0.2) is 59.5 Å². The van der Waals surface area contributed by atoms with Crippen molar-refractivity contribution >= 4 is 34.6 Å². The van der Waals surface area contributed by atoms with E-state index in [1.807, 2.05) is 0 Å². The maximum Gasteiger partial charge on any atom is 0.405 e. The molecule has 2 aromatic heterocycles. The molecule has 0 saturated carbocycles. The Morgan fingerprint density at radius 1 is 1.11 bits per heavy atom. The number of hydrogen-bond donors (Lipinski definition) is 4. The molecule has 0 radical (unpaired) electrons. The minimum atomic E-state index is -1.47. The number of carbonyl (C=O) groups excluding carboxylic acids is 2. The number of hydrogen-bond acceptors (Lipinski definition) is 6. The van der Waals surface area contributed by atoms with Crippen molar-refractivity contribution in [1.82, 2.24) is 24.8 Å². The van der Waals surface area contributed by atoms with Crippen LogP contribution in [0.5, 0.6) is 5.75 Å². The van der Waals surface area contributed by atoms with Gasteiger partial charge >= 0.3 is 6.09 Å². The molecule has 46 heavy (non-hydrogen) atoms. The topological polar surface area (TPSA) is 159 Å². The molecule has 0 fully saturated rings. The predicted molar refractivity (Wildman–Crippen MR) is 157 cm³/mol. The first-order valence-electron chi connectivity index (χ1n) is 13.6. The van der Waals surface area contributed by atoms with Gasteiger partial charge in [-0.1, -0.05) is 6.08 Å². The van der Waals surface area contributed by atoms with Gasteiger partial charge < -0.3 is 34.9 Å². The Kier molecular flexibility index (Phi) is 10.4. The highest BCUT2D eigenvalue weighted by Gasteiger charge is 2.22. The van der Waals surface area contributed by atoms with Crippen LogP contribution in [0.2, 0.25) is 0 Å². The van der Waals surface area contributed by atoms with Crippen LogP contribution in [0.25, 0.3) is 11.0 Å². The molecule has 242 valence electrons. The lowest BCUT2D eigenvalue weighted by Crippen LogP contribution is -2.44. The van der Waals surface area contributed by atoms with Gasteiger partial charge in [0.25, 0.3) is 5.56 Å². The van der Waals surface area contributed by atoms with Crippen LogP contribution in [-0.4, -0.2) is 62.6 Å². The molecule has 16 heteroatoms. The maximum absolute atomic E-state index is 14.7. The molecule has 0 aliphatic rings. The van der Waals surface area contributed by atoms with E-state index in [4.69, 9.17) is 4.74 Å². The molecule has 2 aromatic carbocycles. The third-order valence-corrected chi connectivity index (χ3v) is 6.60. The molecule has 1 atom stereocenters. The predicted octanol–water partition coefficient (Wildman–Crippen LogP) is 3.91. The first kappa shape index (κ1) is 33.2. The van der Waals surface area contributed by atoms with E-state index in [2.05, 4.69) is 20.6 Å². The zero-order valence-corrected chi connectivity index (χ0v) is 24.4. The quantitative estimate of drug-likeness (QED) is 0.135. The van der Waals surface area contributed by atoms with E-state index in [1.165, 1.54) is 35.4 Å². The largest absolute Gasteiger partial charge is 0.483 e. The Morgan fingerprint density at radius 2 is 1.87 bits per heavy atom. The summed E-state index contributed by atoms with van der Waals surface area (Å²) in [5, 5.41) is 13.6. The van der Waals surface area contributed by atoms with Gasteiger partial charge in [0.2, 0.25) is 11.8 Å². The van der Waals surface area contributed by atoms with Crippen molar-refractivity contribution in [3.63, 3.8) is 0 Å². The molecule has 12 nitrogen and oxygen atoms in total. The molecule has 0 aliphatic heterocycles. The number of imidazole rings is 1. The van der Waals surface area contributed by atoms with Crippen molar-refractivity contribution < 1.29 is 41.8 Å². The monoisotopic (exact) mass is 644 g/mol. The third kappa shape index (κ3) is 8.08. The van der Waals surface area contributed by atoms with Crippen LogP contribution < -0.4 is 20.9 Å². The molecule has 4 rings (SSSR count). The van der Waals surface area contributed by atoms with Gasteiger partial charge in [0, 0.05) is 38.0 Å². The Bertz CT molecular complexity index is 1870. The molecule has 0 aliphatic carbocycles. The van der Waals surface area contributed by atoms with Gasteiger partial charge in [-0.2, -0.15) is 0 Å². The molecule has 3 amide bonds. The number of anilines is 1. The Balaban J connectivity index is 1.52. The molecule has 1 unspecified atom stereocenters. The number of nitrogens with zero attached hydrogens (tertiary/aromatic N) is 3. The smallest absolute Gasteiger partial charge is 0.405 e. The number of allylic oxidation sites excluding steroid dienone is 1. The number of amides is 3. The number of nitrogens with one attached hydrogen (secondary N) is 3. The summed E-state index contributed by atoms with van der Waals surface area (Å²) < 4.78 is 63.1. The summed E-state index contributed by atoms with van der Waals surface area (Å²) in [6, 6.07) is 4.73. The molecular formula is C30H28F4N6O6. The number of carboxylic acid groups (broad SMARTS) is 1. The highest BCUT2D eigenvalue weighted by molar-refractivity contribution is 5.96. The van der Waals surface area contributed by atoms with E-state index in [1.54, 1.807) is 14.1 Å². The van der Waals surface area contributed by atoms with Crippen molar-refractivity contribution in [1.29, 1.82) is 0 Å². The van der Waals surface area contributed by atoms with Crippen LogP contribution in [0, 0.1) is 23.3 Å². The summed E-state index contributed by atoms with van der Waals surface area (Å²) in [4.78, 5) is 57.2. The molecule has 4 N–H and O–H groups in total.